The van der Waals surface area contributed by atoms with Crippen molar-refractivity contribution < 1.29 is 8.85 Å². The van der Waals surface area contributed by atoms with Gasteiger partial charge >= 0.3 is 8.56 Å². The van der Waals surface area contributed by atoms with Crippen molar-refractivity contribution in [2.24, 2.45) is 5.73 Å². The first-order chi connectivity index (χ1) is 9.13. The van der Waals surface area contributed by atoms with Crippen molar-refractivity contribution in [3.05, 3.63) is 48.6 Å². The minimum absolute atomic E-state index is 0.00297. The largest absolute Gasteiger partial charge is 0.398 e. The lowest BCUT2D eigenvalue weighted by Crippen LogP contribution is -2.41. The summed E-state index contributed by atoms with van der Waals surface area (Å²) in [6.45, 7) is 6.63. The Hall–Kier alpha value is -0.943. The van der Waals surface area contributed by atoms with Crippen LogP contribution in [0.3, 0.4) is 0 Å². The molecule has 2 N–H and O–H groups in total. The highest BCUT2D eigenvalue weighted by Gasteiger charge is 2.32. The van der Waals surface area contributed by atoms with Crippen LogP contribution in [0.1, 0.15) is 12.0 Å². The second kappa shape index (κ2) is 8.27. The zero-order valence-corrected chi connectivity index (χ0v) is 13.0. The molecule has 0 saturated heterocycles. The fourth-order valence-corrected chi connectivity index (χ4v) is 4.06. The number of nitrogens with two attached hydrogens (primary N) is 1. The molecule has 0 aliphatic heterocycles. The number of rotatable bonds is 9. The molecule has 0 aliphatic rings. The summed E-state index contributed by atoms with van der Waals surface area (Å²) in [7, 11) is -0.406. The van der Waals surface area contributed by atoms with Crippen molar-refractivity contribution in [3.63, 3.8) is 0 Å². The second-order valence-electron chi connectivity index (χ2n) is 4.81. The van der Waals surface area contributed by atoms with Crippen LogP contribution in [0.25, 0.3) is 0 Å². The molecule has 19 heavy (non-hydrogen) atoms. The van der Waals surface area contributed by atoms with E-state index >= 15 is 0 Å². The Bertz CT molecular complexity index is 372. The quantitative estimate of drug-likeness (QED) is 0.558. The van der Waals surface area contributed by atoms with Gasteiger partial charge in [0, 0.05) is 13.5 Å². The first kappa shape index (κ1) is 16.1. The van der Waals surface area contributed by atoms with E-state index < -0.39 is 8.56 Å². The topological polar surface area (TPSA) is 44.5 Å². The summed E-state index contributed by atoms with van der Waals surface area (Å²) in [5.41, 5.74) is 6.82. The van der Waals surface area contributed by atoms with Crippen LogP contribution >= 0.6 is 0 Å². The Balaban J connectivity index is 2.62. The molecule has 0 spiro atoms. The molecule has 0 amide bonds. The van der Waals surface area contributed by atoms with Gasteiger partial charge in [-0.25, -0.2) is 0 Å². The summed E-state index contributed by atoms with van der Waals surface area (Å²) in [6, 6.07) is 11.2. The van der Waals surface area contributed by atoms with Gasteiger partial charge in [-0.15, -0.1) is 6.58 Å². The first-order valence-electron chi connectivity index (χ1n) is 6.73. The van der Waals surface area contributed by atoms with Crippen molar-refractivity contribution in [2.75, 3.05) is 13.7 Å². The Labute approximate surface area is 117 Å². The Morgan fingerprint density at radius 1 is 1.37 bits per heavy atom. The van der Waals surface area contributed by atoms with Crippen LogP contribution in [0.2, 0.25) is 12.6 Å². The van der Waals surface area contributed by atoms with Gasteiger partial charge in [-0.2, -0.15) is 0 Å². The summed E-state index contributed by atoms with van der Waals surface area (Å²) < 4.78 is 11.8. The van der Waals surface area contributed by atoms with Gasteiger partial charge in [0.1, 0.15) is 0 Å². The molecule has 2 atom stereocenters. The standard InChI is InChI=1S/C15H25NO2Si/c1-4-15(13-14-9-6-5-7-10-14)18-19(3,17-2)12-8-11-16/h4-7,9-10,15H,1,8,11-13,16H2,2-3H3. The third kappa shape index (κ3) is 5.70. The van der Waals surface area contributed by atoms with Crippen molar-refractivity contribution in [1.29, 1.82) is 0 Å². The van der Waals surface area contributed by atoms with E-state index in [9.17, 15) is 0 Å². The van der Waals surface area contributed by atoms with Crippen molar-refractivity contribution in [2.45, 2.75) is 31.5 Å². The van der Waals surface area contributed by atoms with E-state index in [1.807, 2.05) is 24.3 Å². The Kier molecular flexibility index (Phi) is 7.01. The monoisotopic (exact) mass is 279 g/mol. The fourth-order valence-electron chi connectivity index (χ4n) is 1.97. The molecule has 0 heterocycles. The van der Waals surface area contributed by atoms with Crippen LogP contribution < -0.4 is 5.73 Å². The molecule has 0 aromatic heterocycles. The zero-order valence-electron chi connectivity index (χ0n) is 12.0. The maximum absolute atomic E-state index is 6.19. The molecule has 1 aromatic carbocycles. The predicted octanol–water partition coefficient (Wildman–Crippen LogP) is 2.87. The fraction of sp³-hybridized carbons (Fsp3) is 0.467. The molecule has 0 radical (unpaired) electrons. The van der Waals surface area contributed by atoms with E-state index in [1.165, 1.54) is 5.56 Å². The summed E-state index contributed by atoms with van der Waals surface area (Å²) >= 11 is 0. The molecule has 1 rings (SSSR count). The lowest BCUT2D eigenvalue weighted by atomic mass is 10.1. The van der Waals surface area contributed by atoms with Crippen LogP contribution in [0, 0.1) is 0 Å². The van der Waals surface area contributed by atoms with E-state index in [4.69, 9.17) is 14.6 Å². The highest BCUT2D eigenvalue weighted by molar-refractivity contribution is 6.66. The molecule has 0 bridgehead atoms. The van der Waals surface area contributed by atoms with Crippen LogP contribution in [-0.2, 0) is 15.3 Å². The summed E-state index contributed by atoms with van der Waals surface area (Å²) in [6.07, 6.45) is 3.63. The Morgan fingerprint density at radius 3 is 2.58 bits per heavy atom. The maximum atomic E-state index is 6.19. The van der Waals surface area contributed by atoms with Gasteiger partial charge in [-0.3, -0.25) is 0 Å². The molecule has 1 aromatic rings. The highest BCUT2D eigenvalue weighted by atomic mass is 28.4. The van der Waals surface area contributed by atoms with Gasteiger partial charge in [0.2, 0.25) is 0 Å². The third-order valence-corrected chi connectivity index (χ3v) is 6.14. The highest BCUT2D eigenvalue weighted by Crippen LogP contribution is 2.19. The van der Waals surface area contributed by atoms with Gasteiger partial charge in [-0.05, 0) is 31.1 Å². The summed E-state index contributed by atoms with van der Waals surface area (Å²) in [5.74, 6) is 0. The molecule has 0 fully saturated rings. The van der Waals surface area contributed by atoms with Crippen molar-refractivity contribution in [3.8, 4) is 0 Å². The van der Waals surface area contributed by atoms with E-state index in [-0.39, 0.29) is 6.10 Å². The maximum Gasteiger partial charge on any atom is 0.335 e. The number of benzene rings is 1. The summed E-state index contributed by atoms with van der Waals surface area (Å²) in [4.78, 5) is 0. The SMILES string of the molecule is C=CC(Cc1ccccc1)O[Si](C)(CCCN)OC. The lowest BCUT2D eigenvalue weighted by molar-refractivity contribution is 0.163. The average molecular weight is 279 g/mol. The second-order valence-corrected chi connectivity index (χ2v) is 8.22. The molecular formula is C15H25NO2Si. The van der Waals surface area contributed by atoms with E-state index in [0.717, 1.165) is 18.9 Å². The smallest absolute Gasteiger partial charge is 0.335 e. The first-order valence-corrected chi connectivity index (χ1v) is 9.25. The van der Waals surface area contributed by atoms with E-state index in [2.05, 4.69) is 25.3 Å². The van der Waals surface area contributed by atoms with Crippen molar-refractivity contribution in [1.82, 2.24) is 0 Å². The minimum atomic E-state index is -2.13. The minimum Gasteiger partial charge on any atom is -0.398 e. The third-order valence-electron chi connectivity index (χ3n) is 3.21. The molecular weight excluding hydrogens is 254 g/mol. The predicted molar refractivity (Wildman–Crippen MR) is 82.3 cm³/mol. The normalized spacial score (nSPS) is 15.7. The molecule has 4 heteroatoms. The van der Waals surface area contributed by atoms with Gasteiger partial charge in [0.05, 0.1) is 6.10 Å². The van der Waals surface area contributed by atoms with Crippen LogP contribution in [0.4, 0.5) is 0 Å². The number of hydrogen-bond acceptors (Lipinski definition) is 3. The molecule has 3 nitrogen and oxygen atoms in total. The van der Waals surface area contributed by atoms with Crippen molar-refractivity contribution >= 4 is 8.56 Å². The average Bonchev–Trinajstić information content (AvgIpc) is 2.45. The van der Waals surface area contributed by atoms with E-state index in [0.29, 0.717) is 6.54 Å². The van der Waals surface area contributed by atoms with Gasteiger partial charge < -0.3 is 14.6 Å². The van der Waals surface area contributed by atoms with E-state index in [1.54, 1.807) is 7.11 Å². The molecule has 0 aliphatic carbocycles. The molecule has 0 saturated carbocycles. The molecule has 106 valence electrons. The van der Waals surface area contributed by atoms with Gasteiger partial charge in [-0.1, -0.05) is 36.4 Å². The molecule has 2 unspecified atom stereocenters. The zero-order chi connectivity index (χ0) is 14.1. The van der Waals surface area contributed by atoms with Crippen LogP contribution in [0.5, 0.6) is 0 Å². The van der Waals surface area contributed by atoms with Gasteiger partial charge in [0.15, 0.2) is 0 Å². The van der Waals surface area contributed by atoms with Crippen LogP contribution in [0.15, 0.2) is 43.0 Å². The lowest BCUT2D eigenvalue weighted by Gasteiger charge is -2.29. The Morgan fingerprint density at radius 2 is 2.05 bits per heavy atom. The number of hydrogen-bond donors (Lipinski definition) is 1. The van der Waals surface area contributed by atoms with Gasteiger partial charge in [0.25, 0.3) is 0 Å². The summed E-state index contributed by atoms with van der Waals surface area (Å²) in [5, 5.41) is 0. The van der Waals surface area contributed by atoms with Crippen LogP contribution in [-0.4, -0.2) is 28.3 Å².